The van der Waals surface area contributed by atoms with Crippen LogP contribution in [0.1, 0.15) is 17.4 Å². The lowest BCUT2D eigenvalue weighted by atomic mass is 10.1. The van der Waals surface area contributed by atoms with E-state index in [4.69, 9.17) is 9.47 Å². The van der Waals surface area contributed by atoms with Crippen molar-refractivity contribution in [3.63, 3.8) is 0 Å². The minimum atomic E-state index is -0.497. The maximum Gasteiger partial charge on any atom is 0.357 e. The molecule has 1 aliphatic heterocycles. The fraction of sp³-hybridized carbons (Fsp3) is 0.190. The van der Waals surface area contributed by atoms with Crippen molar-refractivity contribution in [2.75, 3.05) is 24.9 Å². The van der Waals surface area contributed by atoms with Crippen molar-refractivity contribution < 1.29 is 14.5 Å². The zero-order valence-electron chi connectivity index (χ0n) is 16.4. The third kappa shape index (κ3) is 3.64. The van der Waals surface area contributed by atoms with Crippen LogP contribution in [0.4, 0.5) is 11.6 Å². The summed E-state index contributed by atoms with van der Waals surface area (Å²) in [5.41, 5.74) is 2.15. The Hall–Kier alpha value is -3.81. The summed E-state index contributed by atoms with van der Waals surface area (Å²) in [5.74, 6) is 2.49. The molecule has 148 valence electrons. The van der Waals surface area contributed by atoms with Gasteiger partial charge in [-0.05, 0) is 43.3 Å². The maximum atomic E-state index is 12.8. The van der Waals surface area contributed by atoms with Gasteiger partial charge in [-0.15, -0.1) is 0 Å². The molecule has 1 atom stereocenters. The standard InChI is InChI=1S/C21H21N5O3/c1-13-12-18(27)26-19(16-6-4-5-7-17(16)29-3)24-20(25-21(26)22-13)23-14-8-10-15(28-2)11-9-14/h4-12,19H,1-3H3,(H2,22,23,24,25)/p+1. The second-order valence-corrected chi connectivity index (χ2v) is 6.57. The Bertz CT molecular complexity index is 1120. The zero-order chi connectivity index (χ0) is 20.4. The molecule has 0 spiro atoms. The molecule has 0 fully saturated rings. The minimum Gasteiger partial charge on any atom is -0.497 e. The molecular weight excluding hydrogens is 370 g/mol. The molecule has 1 unspecified atom stereocenters. The molecule has 0 bridgehead atoms. The summed E-state index contributed by atoms with van der Waals surface area (Å²) in [5, 5.41) is 6.46. The summed E-state index contributed by atoms with van der Waals surface area (Å²) in [6, 6.07) is 16.6. The van der Waals surface area contributed by atoms with Gasteiger partial charge in [0.15, 0.2) is 6.17 Å². The Balaban J connectivity index is 1.79. The number of hydrogen-bond donors (Lipinski definition) is 3. The van der Waals surface area contributed by atoms with Crippen molar-refractivity contribution >= 4 is 17.6 Å². The number of para-hydroxylation sites is 1. The van der Waals surface area contributed by atoms with Gasteiger partial charge in [-0.3, -0.25) is 9.79 Å². The van der Waals surface area contributed by atoms with Gasteiger partial charge in [-0.1, -0.05) is 12.1 Å². The molecule has 29 heavy (non-hydrogen) atoms. The minimum absolute atomic E-state index is 0.160. The first kappa shape index (κ1) is 18.5. The zero-order valence-corrected chi connectivity index (χ0v) is 16.4. The number of nitrogens with one attached hydrogen (secondary N) is 3. The van der Waals surface area contributed by atoms with Crippen LogP contribution in [-0.4, -0.2) is 29.7 Å². The van der Waals surface area contributed by atoms with Crippen LogP contribution >= 0.6 is 0 Å². The number of fused-ring (bicyclic) bond motifs is 1. The van der Waals surface area contributed by atoms with Crippen LogP contribution in [0.15, 0.2) is 59.4 Å². The summed E-state index contributed by atoms with van der Waals surface area (Å²) in [7, 11) is 3.24. The molecule has 2 heterocycles. The summed E-state index contributed by atoms with van der Waals surface area (Å²) < 4.78 is 12.3. The highest BCUT2D eigenvalue weighted by Gasteiger charge is 2.30. The topological polar surface area (TPSA) is 91.4 Å². The highest BCUT2D eigenvalue weighted by molar-refractivity contribution is 5.99. The Kier molecular flexibility index (Phi) is 4.90. The Morgan fingerprint density at radius 2 is 1.86 bits per heavy atom. The predicted octanol–water partition coefficient (Wildman–Crippen LogP) is 1.09. The molecule has 1 aromatic heterocycles. The molecule has 1 aliphatic rings. The Labute approximate surface area is 167 Å². The number of rotatable bonds is 4. The van der Waals surface area contributed by atoms with Gasteiger partial charge < -0.3 is 9.47 Å². The van der Waals surface area contributed by atoms with Crippen LogP contribution in [0, 0.1) is 6.92 Å². The molecule has 2 aromatic carbocycles. The van der Waals surface area contributed by atoms with Gasteiger partial charge in [-0.2, -0.15) is 0 Å². The molecule has 0 amide bonds. The van der Waals surface area contributed by atoms with Gasteiger partial charge in [0.2, 0.25) is 0 Å². The second-order valence-electron chi connectivity index (χ2n) is 6.57. The van der Waals surface area contributed by atoms with E-state index in [0.717, 1.165) is 17.0 Å². The van der Waals surface area contributed by atoms with Gasteiger partial charge in [0.05, 0.1) is 25.5 Å². The molecule has 3 N–H and O–H groups in total. The summed E-state index contributed by atoms with van der Waals surface area (Å²) >= 11 is 0. The number of guanidine groups is 1. The molecule has 0 radical (unpaired) electrons. The van der Waals surface area contributed by atoms with Gasteiger partial charge in [0, 0.05) is 11.8 Å². The van der Waals surface area contributed by atoms with Crippen LogP contribution in [0.3, 0.4) is 0 Å². The fourth-order valence-corrected chi connectivity index (χ4v) is 3.29. The number of anilines is 2. The average Bonchev–Trinajstić information content (AvgIpc) is 2.73. The number of nitrogens with zero attached hydrogens (tertiary/aromatic N) is 2. The van der Waals surface area contributed by atoms with Gasteiger partial charge in [-0.25, -0.2) is 20.2 Å². The van der Waals surface area contributed by atoms with E-state index in [1.807, 2.05) is 48.5 Å². The van der Waals surface area contributed by atoms with E-state index in [2.05, 4.69) is 20.6 Å². The lowest BCUT2D eigenvalue weighted by molar-refractivity contribution is -0.520. The van der Waals surface area contributed by atoms with Crippen molar-refractivity contribution in [1.82, 2.24) is 9.55 Å². The Morgan fingerprint density at radius 1 is 1.10 bits per heavy atom. The monoisotopic (exact) mass is 392 g/mol. The highest BCUT2D eigenvalue weighted by atomic mass is 16.5. The molecular formula is C21H22N5O3+. The number of ether oxygens (including phenoxy) is 2. The molecule has 3 aromatic rings. The summed E-state index contributed by atoms with van der Waals surface area (Å²) in [6.07, 6.45) is -0.497. The van der Waals surface area contributed by atoms with Crippen molar-refractivity contribution in [2.24, 2.45) is 0 Å². The predicted molar refractivity (Wildman–Crippen MR) is 111 cm³/mol. The van der Waals surface area contributed by atoms with Crippen LogP contribution in [0.25, 0.3) is 0 Å². The van der Waals surface area contributed by atoms with E-state index in [1.54, 1.807) is 25.7 Å². The summed E-state index contributed by atoms with van der Waals surface area (Å²) in [4.78, 5) is 20.6. The average molecular weight is 392 g/mol. The van der Waals surface area contributed by atoms with Crippen LogP contribution < -0.4 is 30.7 Å². The largest absolute Gasteiger partial charge is 0.497 e. The molecule has 0 aliphatic carbocycles. The third-order valence-electron chi connectivity index (χ3n) is 4.65. The molecule has 0 saturated heterocycles. The van der Waals surface area contributed by atoms with Gasteiger partial charge in [0.1, 0.15) is 11.5 Å². The summed E-state index contributed by atoms with van der Waals surface area (Å²) in [6.45, 7) is 1.79. The first-order chi connectivity index (χ1) is 14.1. The first-order valence-corrected chi connectivity index (χ1v) is 9.13. The molecule has 0 saturated carbocycles. The number of benzene rings is 2. The number of aryl methyl sites for hydroxylation is 1. The van der Waals surface area contributed by atoms with Crippen molar-refractivity contribution in [3.05, 3.63) is 76.2 Å². The van der Waals surface area contributed by atoms with Crippen molar-refractivity contribution in [3.8, 4) is 11.5 Å². The lowest BCUT2D eigenvalue weighted by Gasteiger charge is -2.24. The van der Waals surface area contributed by atoms with Gasteiger partial charge >= 0.3 is 5.96 Å². The molecule has 8 nitrogen and oxygen atoms in total. The quantitative estimate of drug-likeness (QED) is 0.616. The van der Waals surface area contributed by atoms with E-state index in [1.165, 1.54) is 6.07 Å². The van der Waals surface area contributed by atoms with Crippen molar-refractivity contribution in [2.45, 2.75) is 13.1 Å². The Morgan fingerprint density at radius 3 is 2.59 bits per heavy atom. The highest BCUT2D eigenvalue weighted by Crippen LogP contribution is 2.25. The van der Waals surface area contributed by atoms with Crippen molar-refractivity contribution in [1.29, 1.82) is 0 Å². The number of hydrogen-bond acceptors (Lipinski definition) is 6. The van der Waals surface area contributed by atoms with E-state index in [-0.39, 0.29) is 5.56 Å². The van der Waals surface area contributed by atoms with Crippen LogP contribution in [0.2, 0.25) is 0 Å². The maximum absolute atomic E-state index is 12.8. The smallest absolute Gasteiger partial charge is 0.357 e. The molecule has 8 heteroatoms. The third-order valence-corrected chi connectivity index (χ3v) is 4.65. The SMILES string of the molecule is COc1ccc(NC2=[NH+]C(c3ccccc3OC)n3c(nc(C)cc3=O)N2)cc1. The normalized spacial score (nSPS) is 15.0. The first-order valence-electron chi connectivity index (χ1n) is 9.13. The van der Waals surface area contributed by atoms with Gasteiger partial charge in [0.25, 0.3) is 11.5 Å². The van der Waals surface area contributed by atoms with Crippen LogP contribution in [-0.2, 0) is 0 Å². The van der Waals surface area contributed by atoms with Crippen LogP contribution in [0.5, 0.6) is 11.5 Å². The molecule has 4 rings (SSSR count). The number of methoxy groups -OCH3 is 2. The van der Waals surface area contributed by atoms with E-state index < -0.39 is 6.17 Å². The van der Waals surface area contributed by atoms with E-state index in [9.17, 15) is 4.79 Å². The van der Waals surface area contributed by atoms with E-state index >= 15 is 0 Å². The number of aromatic nitrogens is 2. The second kappa shape index (κ2) is 7.67. The lowest BCUT2D eigenvalue weighted by Crippen LogP contribution is -2.82. The van der Waals surface area contributed by atoms with E-state index in [0.29, 0.717) is 23.4 Å². The fourth-order valence-electron chi connectivity index (χ4n) is 3.29.